The highest BCUT2D eigenvalue weighted by Crippen LogP contribution is 2.49. The smallest absolute Gasteiger partial charge is 0.344 e. The molecule has 0 unspecified atom stereocenters. The van der Waals surface area contributed by atoms with Gasteiger partial charge in [0, 0.05) is 41.1 Å². The molecule has 2 heterocycles. The van der Waals surface area contributed by atoms with Crippen LogP contribution in [0.4, 0.5) is 11.4 Å². The summed E-state index contributed by atoms with van der Waals surface area (Å²) in [6.07, 6.45) is 6.51. The van der Waals surface area contributed by atoms with Gasteiger partial charge in [0.25, 0.3) is 0 Å². The molecular formula is C28H36N2O3P+. The van der Waals surface area contributed by atoms with Crippen LogP contribution < -0.4 is 10.2 Å². The first kappa shape index (κ1) is 24.7. The fourth-order valence-corrected chi connectivity index (χ4v) is 6.11. The molecule has 0 amide bonds. The summed E-state index contributed by atoms with van der Waals surface area (Å²) in [4.78, 5) is 21.6. The second kappa shape index (κ2) is 8.34. The summed E-state index contributed by atoms with van der Waals surface area (Å²) < 4.78 is 14.3. The van der Waals surface area contributed by atoms with Crippen LogP contribution in [0.2, 0.25) is 0 Å². The van der Waals surface area contributed by atoms with E-state index in [-0.39, 0.29) is 16.1 Å². The summed E-state index contributed by atoms with van der Waals surface area (Å²) in [7, 11) is -4.31. The molecule has 0 saturated heterocycles. The zero-order valence-corrected chi connectivity index (χ0v) is 22.1. The topological polar surface area (TPSA) is 63.8 Å². The normalized spacial score (nSPS) is 19.9. The van der Waals surface area contributed by atoms with Gasteiger partial charge in [-0.1, -0.05) is 31.6 Å². The molecule has 34 heavy (non-hydrogen) atoms. The van der Waals surface area contributed by atoms with Crippen LogP contribution >= 0.6 is 7.60 Å². The Morgan fingerprint density at radius 3 is 2.32 bits per heavy atom. The molecule has 0 aliphatic carbocycles. The average Bonchev–Trinajstić information content (AvgIpc) is 3.11. The van der Waals surface area contributed by atoms with Crippen LogP contribution in [0.3, 0.4) is 0 Å². The highest BCUT2D eigenvalue weighted by atomic mass is 31.2. The third-order valence-electron chi connectivity index (χ3n) is 7.40. The van der Waals surface area contributed by atoms with E-state index >= 15 is 0 Å². The van der Waals surface area contributed by atoms with Gasteiger partial charge in [0.05, 0.1) is 10.7 Å². The Hall–Kier alpha value is -2.46. The molecule has 0 fully saturated rings. The van der Waals surface area contributed by atoms with Gasteiger partial charge in [0.15, 0.2) is 5.71 Å². The van der Waals surface area contributed by atoms with Crippen LogP contribution in [0.1, 0.15) is 58.2 Å². The van der Waals surface area contributed by atoms with E-state index in [0.29, 0.717) is 0 Å². The Bertz CT molecular complexity index is 1290. The molecule has 180 valence electrons. The predicted octanol–water partition coefficient (Wildman–Crippen LogP) is 5.45. The molecule has 2 aliphatic rings. The van der Waals surface area contributed by atoms with Crippen molar-refractivity contribution in [3.63, 3.8) is 0 Å². The molecular weight excluding hydrogens is 443 g/mol. The van der Waals surface area contributed by atoms with E-state index in [1.807, 2.05) is 6.07 Å². The zero-order chi connectivity index (χ0) is 25.1. The quantitative estimate of drug-likeness (QED) is 0.442. The minimum atomic E-state index is -4.31. The molecule has 6 heteroatoms. The van der Waals surface area contributed by atoms with Crippen LogP contribution in [0.15, 0.2) is 60.3 Å². The van der Waals surface area contributed by atoms with E-state index in [9.17, 15) is 14.4 Å². The van der Waals surface area contributed by atoms with Gasteiger partial charge >= 0.3 is 7.60 Å². The van der Waals surface area contributed by atoms with E-state index in [4.69, 9.17) is 0 Å². The number of fused-ring (bicyclic) bond motifs is 2. The Balaban J connectivity index is 1.76. The first-order valence-corrected chi connectivity index (χ1v) is 13.6. The third kappa shape index (κ3) is 3.80. The van der Waals surface area contributed by atoms with Crippen LogP contribution in [0.25, 0.3) is 0 Å². The van der Waals surface area contributed by atoms with E-state index in [1.54, 1.807) is 12.1 Å². The maximum Gasteiger partial charge on any atom is 0.356 e. The van der Waals surface area contributed by atoms with Crippen molar-refractivity contribution in [1.29, 1.82) is 0 Å². The Kier molecular flexibility index (Phi) is 6.05. The lowest BCUT2D eigenvalue weighted by atomic mass is 9.80. The number of allylic oxidation sites excluding steroid dienone is 4. The second-order valence-electron chi connectivity index (χ2n) is 10.3. The predicted molar refractivity (Wildman–Crippen MR) is 141 cm³/mol. The standard InChI is InChI=1S/C28H35N2O3P/c1-8-29-23-15-13-19(3)17-21(23)27(4,5)25(29)11-10-12-26-28(6,7)22-18-20(34(31,32)33)14-16-24(22)30(26)9-2/h10-18H,8-9H2,1-7H3,(H-,31,32,33)/p+1. The van der Waals surface area contributed by atoms with E-state index in [0.717, 1.165) is 30.0 Å². The molecule has 2 N–H and O–H groups in total. The van der Waals surface area contributed by atoms with Crippen molar-refractivity contribution in [2.45, 2.75) is 59.3 Å². The fourth-order valence-electron chi connectivity index (χ4n) is 5.55. The van der Waals surface area contributed by atoms with Crippen molar-refractivity contribution >= 4 is 30.0 Å². The Morgan fingerprint density at radius 1 is 1.00 bits per heavy atom. The lowest BCUT2D eigenvalue weighted by Crippen LogP contribution is -2.28. The molecule has 2 aromatic carbocycles. The molecule has 2 aliphatic heterocycles. The van der Waals surface area contributed by atoms with Gasteiger partial charge in [-0.15, -0.1) is 0 Å². The number of benzene rings is 2. The largest absolute Gasteiger partial charge is 0.356 e. The first-order valence-electron chi connectivity index (χ1n) is 12.0. The molecule has 4 rings (SSSR count). The first-order chi connectivity index (χ1) is 15.8. The van der Waals surface area contributed by atoms with Crippen LogP contribution in [-0.2, 0) is 15.4 Å². The van der Waals surface area contributed by atoms with Crippen molar-refractivity contribution in [3.8, 4) is 0 Å². The van der Waals surface area contributed by atoms with E-state index < -0.39 is 7.60 Å². The molecule has 0 aromatic heterocycles. The third-order valence-corrected chi connectivity index (χ3v) is 8.35. The monoisotopic (exact) mass is 479 g/mol. The van der Waals surface area contributed by atoms with Gasteiger partial charge in [0.2, 0.25) is 5.69 Å². The number of likely N-dealkylation sites (N-methyl/N-ethyl adjacent to an activating group) is 1. The van der Waals surface area contributed by atoms with Crippen molar-refractivity contribution in [3.05, 3.63) is 77.0 Å². The SMILES string of the molecule is CCN1/C(=C/C=C/C2=[N+](CC)c3ccc(C)cc3C2(C)C)C(C)(C)c2cc(P(=O)(O)O)ccc21. The lowest BCUT2D eigenvalue weighted by Gasteiger charge is -2.25. The average molecular weight is 480 g/mol. The van der Waals surface area contributed by atoms with Gasteiger partial charge in [0.1, 0.15) is 6.54 Å². The van der Waals surface area contributed by atoms with Gasteiger partial charge in [-0.3, -0.25) is 4.57 Å². The van der Waals surface area contributed by atoms with Crippen molar-refractivity contribution in [2.24, 2.45) is 0 Å². The highest BCUT2D eigenvalue weighted by Gasteiger charge is 2.44. The molecule has 5 nitrogen and oxygen atoms in total. The molecule has 0 saturated carbocycles. The van der Waals surface area contributed by atoms with Gasteiger partial charge in [-0.25, -0.2) is 0 Å². The molecule has 0 radical (unpaired) electrons. The maximum absolute atomic E-state index is 11.9. The zero-order valence-electron chi connectivity index (χ0n) is 21.3. The van der Waals surface area contributed by atoms with Crippen molar-refractivity contribution in [1.82, 2.24) is 0 Å². The summed E-state index contributed by atoms with van der Waals surface area (Å²) in [5, 5.41) is 0.0714. The van der Waals surface area contributed by atoms with E-state index in [1.165, 1.54) is 22.5 Å². The van der Waals surface area contributed by atoms with Gasteiger partial charge in [-0.05, 0) is 70.5 Å². The highest BCUT2D eigenvalue weighted by molar-refractivity contribution is 7.60. The molecule has 2 aromatic rings. The molecule has 0 spiro atoms. The minimum absolute atomic E-state index is 0.0714. The Labute approximate surface area is 203 Å². The lowest BCUT2D eigenvalue weighted by molar-refractivity contribution is -0.433. The summed E-state index contributed by atoms with van der Waals surface area (Å²) in [5.74, 6) is 0. The number of nitrogens with zero attached hydrogens (tertiary/aromatic N) is 2. The van der Waals surface area contributed by atoms with Gasteiger partial charge < -0.3 is 14.7 Å². The Morgan fingerprint density at radius 2 is 1.71 bits per heavy atom. The maximum atomic E-state index is 11.9. The van der Waals surface area contributed by atoms with Crippen LogP contribution in [0, 0.1) is 6.92 Å². The number of hydrogen-bond donors (Lipinski definition) is 2. The van der Waals surface area contributed by atoms with Crippen LogP contribution in [0.5, 0.6) is 0 Å². The second-order valence-corrected chi connectivity index (χ2v) is 11.9. The number of rotatable bonds is 5. The van der Waals surface area contributed by atoms with Gasteiger partial charge in [-0.2, -0.15) is 4.58 Å². The van der Waals surface area contributed by atoms with Crippen molar-refractivity contribution in [2.75, 3.05) is 18.0 Å². The fraction of sp³-hybridized carbons (Fsp3) is 0.393. The molecule has 0 bridgehead atoms. The number of anilines is 1. The summed E-state index contributed by atoms with van der Waals surface area (Å²) in [6, 6.07) is 11.8. The number of aryl methyl sites for hydroxylation is 1. The van der Waals surface area contributed by atoms with Crippen molar-refractivity contribution < 1.29 is 18.9 Å². The van der Waals surface area contributed by atoms with Crippen LogP contribution in [-0.4, -0.2) is 33.2 Å². The minimum Gasteiger partial charge on any atom is -0.344 e. The molecule has 0 atom stereocenters. The van der Waals surface area contributed by atoms with E-state index in [2.05, 4.69) is 94.4 Å². The summed E-state index contributed by atoms with van der Waals surface area (Å²) in [6.45, 7) is 16.9. The summed E-state index contributed by atoms with van der Waals surface area (Å²) in [5.41, 5.74) is 7.79. The number of hydrogen-bond acceptors (Lipinski definition) is 2. The summed E-state index contributed by atoms with van der Waals surface area (Å²) >= 11 is 0.